The van der Waals surface area contributed by atoms with E-state index in [0.29, 0.717) is 12.5 Å². The molecule has 1 amide bonds. The van der Waals surface area contributed by atoms with E-state index in [-0.39, 0.29) is 36.4 Å². The van der Waals surface area contributed by atoms with Gasteiger partial charge in [0.1, 0.15) is 6.54 Å². The summed E-state index contributed by atoms with van der Waals surface area (Å²) in [5.41, 5.74) is 1.30. The van der Waals surface area contributed by atoms with Crippen LogP contribution in [0.25, 0.3) is 0 Å². The number of amides is 1. The molecule has 0 atom stereocenters. The average Bonchev–Trinajstić information content (AvgIpc) is 2.99. The Kier molecular flexibility index (Phi) is 10.0. The molecule has 0 fully saturated rings. The van der Waals surface area contributed by atoms with E-state index < -0.39 is 0 Å². The second kappa shape index (κ2) is 11.5. The summed E-state index contributed by atoms with van der Waals surface area (Å²) >= 11 is 1.84. The minimum Gasteiger partial charge on any atom is -0.356 e. The smallest absolute Gasteiger partial charge is 0.243 e. The van der Waals surface area contributed by atoms with Crippen molar-refractivity contribution in [1.29, 1.82) is 0 Å². The molecule has 0 aliphatic heterocycles. The van der Waals surface area contributed by atoms with Crippen molar-refractivity contribution in [3.8, 4) is 0 Å². The number of likely N-dealkylation sites (N-methyl/N-ethyl adjacent to an activating group) is 1. The first kappa shape index (κ1) is 21.9. The van der Waals surface area contributed by atoms with Gasteiger partial charge in [0.05, 0.1) is 10.7 Å². The van der Waals surface area contributed by atoms with Crippen molar-refractivity contribution < 1.29 is 4.79 Å². The van der Waals surface area contributed by atoms with Crippen LogP contribution in [0.1, 0.15) is 28.4 Å². The van der Waals surface area contributed by atoms with Crippen LogP contribution in [0.4, 0.5) is 0 Å². The zero-order valence-corrected chi connectivity index (χ0v) is 18.2. The second-order valence-electron chi connectivity index (χ2n) is 5.98. The molecule has 8 heteroatoms. The van der Waals surface area contributed by atoms with Gasteiger partial charge in [-0.05, 0) is 25.7 Å². The summed E-state index contributed by atoms with van der Waals surface area (Å²) < 4.78 is 0. The molecule has 2 rings (SSSR count). The molecule has 0 unspecified atom stereocenters. The summed E-state index contributed by atoms with van der Waals surface area (Å²) in [6.45, 7) is 5.17. The van der Waals surface area contributed by atoms with E-state index >= 15 is 0 Å². The molecule has 1 aromatic rings. The Bertz CT molecular complexity index is 576. The zero-order valence-electron chi connectivity index (χ0n) is 15.0. The zero-order chi connectivity index (χ0) is 17.4. The number of thiazole rings is 1. The van der Waals surface area contributed by atoms with E-state index in [4.69, 9.17) is 4.98 Å². The van der Waals surface area contributed by atoms with Crippen LogP contribution in [0.5, 0.6) is 0 Å². The number of aryl methyl sites for hydroxylation is 2. The number of carbonyl (C=O) groups excluding carboxylic acids is 1. The van der Waals surface area contributed by atoms with Gasteiger partial charge in [0.2, 0.25) is 5.91 Å². The van der Waals surface area contributed by atoms with Gasteiger partial charge in [0.15, 0.2) is 5.96 Å². The van der Waals surface area contributed by atoms with Crippen LogP contribution in [0.2, 0.25) is 0 Å². The molecule has 1 aromatic heterocycles. The van der Waals surface area contributed by atoms with Crippen LogP contribution in [-0.4, -0.2) is 55.5 Å². The molecule has 25 heavy (non-hydrogen) atoms. The Labute approximate surface area is 171 Å². The van der Waals surface area contributed by atoms with Crippen molar-refractivity contribution in [2.45, 2.75) is 32.1 Å². The van der Waals surface area contributed by atoms with Crippen LogP contribution in [0, 0.1) is 0 Å². The lowest BCUT2D eigenvalue weighted by Gasteiger charge is -2.12. The monoisotopic (exact) mass is 477 g/mol. The van der Waals surface area contributed by atoms with Gasteiger partial charge in [-0.15, -0.1) is 41.9 Å². The maximum Gasteiger partial charge on any atom is 0.243 e. The Morgan fingerprint density at radius 3 is 2.80 bits per heavy atom. The van der Waals surface area contributed by atoms with Gasteiger partial charge < -0.3 is 15.5 Å². The third-order valence-electron chi connectivity index (χ3n) is 3.81. The highest BCUT2D eigenvalue weighted by Crippen LogP contribution is 2.26. The van der Waals surface area contributed by atoms with Crippen molar-refractivity contribution in [3.05, 3.63) is 28.2 Å². The number of rotatable bonds is 7. The Morgan fingerprint density at radius 1 is 1.36 bits per heavy atom. The van der Waals surface area contributed by atoms with Crippen molar-refractivity contribution in [2.24, 2.45) is 4.99 Å². The highest BCUT2D eigenvalue weighted by Gasteiger charge is 2.14. The molecule has 1 aliphatic carbocycles. The number of nitrogens with one attached hydrogen (secondary N) is 2. The fourth-order valence-electron chi connectivity index (χ4n) is 2.43. The quantitative estimate of drug-likeness (QED) is 0.273. The number of guanidine groups is 1. The first-order chi connectivity index (χ1) is 11.6. The third kappa shape index (κ3) is 7.31. The number of aromatic nitrogens is 1. The van der Waals surface area contributed by atoms with Crippen LogP contribution < -0.4 is 10.6 Å². The minimum absolute atomic E-state index is 0. The average molecular weight is 477 g/mol. The van der Waals surface area contributed by atoms with Gasteiger partial charge in [-0.25, -0.2) is 9.98 Å². The number of nitrogens with zero attached hydrogens (tertiary/aromatic N) is 3. The van der Waals surface area contributed by atoms with E-state index in [1.807, 2.05) is 11.3 Å². The first-order valence-electron chi connectivity index (χ1n) is 8.41. The summed E-state index contributed by atoms with van der Waals surface area (Å²) in [6.07, 6.45) is 7.49. The van der Waals surface area contributed by atoms with Crippen molar-refractivity contribution in [1.82, 2.24) is 20.5 Å². The summed E-state index contributed by atoms with van der Waals surface area (Å²) in [7, 11) is 3.46. The molecule has 0 aromatic carbocycles. The SMILES string of the molecule is C=CCNC(=NCC(=O)N(C)C)NCCc1nc2c(s1)CCCC2.I. The molecule has 2 N–H and O–H groups in total. The number of carbonyl (C=O) groups is 1. The van der Waals surface area contributed by atoms with Crippen molar-refractivity contribution in [3.63, 3.8) is 0 Å². The lowest BCUT2D eigenvalue weighted by molar-refractivity contribution is -0.127. The first-order valence-corrected chi connectivity index (χ1v) is 9.22. The summed E-state index contributed by atoms with van der Waals surface area (Å²) in [5.74, 6) is 0.605. The van der Waals surface area contributed by atoms with Crippen LogP contribution in [-0.2, 0) is 24.1 Å². The molecule has 0 bridgehead atoms. The second-order valence-corrected chi connectivity index (χ2v) is 7.15. The van der Waals surface area contributed by atoms with Gasteiger partial charge in [0.25, 0.3) is 0 Å². The fourth-order valence-corrected chi connectivity index (χ4v) is 3.59. The molecule has 0 saturated carbocycles. The lowest BCUT2D eigenvalue weighted by Crippen LogP contribution is -2.39. The Hall–Kier alpha value is -1.16. The van der Waals surface area contributed by atoms with E-state index in [1.165, 1.54) is 39.7 Å². The van der Waals surface area contributed by atoms with Gasteiger partial charge >= 0.3 is 0 Å². The summed E-state index contributed by atoms with van der Waals surface area (Å²) in [5, 5.41) is 7.58. The molecule has 6 nitrogen and oxygen atoms in total. The molecule has 0 spiro atoms. The maximum atomic E-state index is 11.7. The lowest BCUT2D eigenvalue weighted by atomic mass is 10.0. The largest absolute Gasteiger partial charge is 0.356 e. The van der Waals surface area contributed by atoms with E-state index in [0.717, 1.165) is 19.4 Å². The van der Waals surface area contributed by atoms with Crippen molar-refractivity contribution in [2.75, 3.05) is 33.7 Å². The standard InChI is InChI=1S/C17H27N5OS.HI/c1-4-10-18-17(20-12-16(23)22(2)3)19-11-9-15-21-13-7-5-6-8-14(13)24-15;/h4H,1,5-12H2,2-3H3,(H2,18,19,20);1H. The fraction of sp³-hybridized carbons (Fsp3) is 0.588. The highest BCUT2D eigenvalue weighted by atomic mass is 127. The van der Waals surface area contributed by atoms with Gasteiger partial charge in [-0.1, -0.05) is 6.08 Å². The Morgan fingerprint density at radius 2 is 2.12 bits per heavy atom. The van der Waals surface area contributed by atoms with Crippen LogP contribution in [0.3, 0.4) is 0 Å². The van der Waals surface area contributed by atoms with E-state index in [9.17, 15) is 4.79 Å². The van der Waals surface area contributed by atoms with Gasteiger partial charge in [0, 0.05) is 38.5 Å². The van der Waals surface area contributed by atoms with Gasteiger partial charge in [-0.2, -0.15) is 0 Å². The molecule has 0 saturated heterocycles. The number of halogens is 1. The van der Waals surface area contributed by atoms with E-state index in [1.54, 1.807) is 20.2 Å². The number of fused-ring (bicyclic) bond motifs is 1. The number of hydrogen-bond acceptors (Lipinski definition) is 4. The Balaban J connectivity index is 0.00000312. The number of aliphatic imine (C=N–C) groups is 1. The predicted molar refractivity (Wildman–Crippen MR) is 115 cm³/mol. The van der Waals surface area contributed by atoms with Crippen LogP contribution in [0.15, 0.2) is 17.6 Å². The minimum atomic E-state index is -0.0256. The normalized spacial score (nSPS) is 13.4. The predicted octanol–water partition coefficient (Wildman–Crippen LogP) is 1.99. The summed E-state index contributed by atoms with van der Waals surface area (Å²) in [6, 6.07) is 0. The molecule has 1 aliphatic rings. The van der Waals surface area contributed by atoms with E-state index in [2.05, 4.69) is 22.2 Å². The van der Waals surface area contributed by atoms with Gasteiger partial charge in [-0.3, -0.25) is 4.79 Å². The molecule has 140 valence electrons. The third-order valence-corrected chi connectivity index (χ3v) is 5.02. The summed E-state index contributed by atoms with van der Waals surface area (Å²) in [4.78, 5) is 23.7. The number of hydrogen-bond donors (Lipinski definition) is 2. The molecule has 1 heterocycles. The molecular weight excluding hydrogens is 449 g/mol. The molecular formula is C17H28IN5OS. The van der Waals surface area contributed by atoms with Crippen LogP contribution >= 0.6 is 35.3 Å². The molecule has 0 radical (unpaired) electrons. The topological polar surface area (TPSA) is 69.6 Å². The van der Waals surface area contributed by atoms with Crippen molar-refractivity contribution >= 4 is 47.2 Å². The maximum absolute atomic E-state index is 11.7. The highest BCUT2D eigenvalue weighted by molar-refractivity contribution is 14.0.